The van der Waals surface area contributed by atoms with E-state index < -0.39 is 14.6 Å². The maximum Gasteiger partial charge on any atom is 0.221 e. The number of aryl methyl sites for hydroxylation is 1. The average molecular weight is 439 g/mol. The molecule has 1 atom stereocenters. The summed E-state index contributed by atoms with van der Waals surface area (Å²) in [6.07, 6.45) is 0.950. The quantitative estimate of drug-likeness (QED) is 0.635. The molecule has 2 aromatic carbocycles. The van der Waals surface area contributed by atoms with Gasteiger partial charge in [-0.1, -0.05) is 30.3 Å². The minimum atomic E-state index is -3.41. The van der Waals surface area contributed by atoms with Gasteiger partial charge in [-0.3, -0.25) is 9.78 Å². The van der Waals surface area contributed by atoms with Gasteiger partial charge < -0.3 is 10.1 Å². The first-order valence-electron chi connectivity index (χ1n) is 10.4. The van der Waals surface area contributed by atoms with Crippen molar-refractivity contribution in [2.75, 3.05) is 12.8 Å². The number of nitrogens with zero attached hydrogens (tertiary/aromatic N) is 1. The Hall–Kier alpha value is -2.93. The van der Waals surface area contributed by atoms with Crippen molar-refractivity contribution >= 4 is 26.6 Å². The number of carbonyl (C=O) groups excluding carboxylic acids is 1. The number of fused-ring (bicyclic) bond motifs is 1. The number of nitrogens with one attached hydrogen (secondary N) is 1. The molecule has 1 N–H and O–H groups in total. The summed E-state index contributed by atoms with van der Waals surface area (Å²) in [5.74, 6) is 0.481. The summed E-state index contributed by atoms with van der Waals surface area (Å²) in [6, 6.07) is 17.1. The van der Waals surface area contributed by atoms with E-state index in [0.29, 0.717) is 30.8 Å². The molecule has 162 valence electrons. The Balaban J connectivity index is 1.58. The highest BCUT2D eigenvalue weighted by Gasteiger charge is 2.50. The third-order valence-corrected chi connectivity index (χ3v) is 8.62. The van der Waals surface area contributed by atoms with Gasteiger partial charge >= 0.3 is 0 Å². The average Bonchev–Trinajstić information content (AvgIpc) is 3.06. The second kappa shape index (κ2) is 8.30. The zero-order chi connectivity index (χ0) is 22.1. The maximum absolute atomic E-state index is 12.9. The van der Waals surface area contributed by atoms with Crippen molar-refractivity contribution in [1.29, 1.82) is 0 Å². The van der Waals surface area contributed by atoms with Crippen molar-refractivity contribution in [2.45, 2.75) is 37.5 Å². The van der Waals surface area contributed by atoms with Crippen molar-refractivity contribution in [1.82, 2.24) is 10.3 Å². The van der Waals surface area contributed by atoms with Gasteiger partial charge in [-0.25, -0.2) is 8.42 Å². The molecule has 2 heterocycles. The lowest BCUT2D eigenvalue weighted by Gasteiger charge is -2.28. The molecule has 0 spiro atoms. The molecule has 1 unspecified atom stereocenters. The van der Waals surface area contributed by atoms with E-state index in [-0.39, 0.29) is 18.1 Å². The summed E-state index contributed by atoms with van der Waals surface area (Å²) in [6.45, 7) is 2.34. The number of sulfone groups is 1. The first-order chi connectivity index (χ1) is 14.8. The molecule has 6 nitrogen and oxygen atoms in total. The van der Waals surface area contributed by atoms with E-state index in [1.165, 1.54) is 7.05 Å². The summed E-state index contributed by atoms with van der Waals surface area (Å²) in [5.41, 5.74) is 3.54. The zero-order valence-electron chi connectivity index (χ0n) is 17.7. The highest BCUT2D eigenvalue weighted by molar-refractivity contribution is 7.92. The number of benzene rings is 2. The van der Waals surface area contributed by atoms with Gasteiger partial charge in [0.15, 0.2) is 9.84 Å². The zero-order valence-corrected chi connectivity index (χ0v) is 18.5. The Morgan fingerprint density at radius 1 is 1.16 bits per heavy atom. The Kier molecular flexibility index (Phi) is 5.71. The van der Waals surface area contributed by atoms with E-state index >= 15 is 0 Å². The normalized spacial score (nSPS) is 19.9. The number of hydrogen-bond donors (Lipinski definition) is 1. The molecule has 1 amide bonds. The van der Waals surface area contributed by atoms with Gasteiger partial charge in [0.05, 0.1) is 17.7 Å². The second-order valence-electron chi connectivity index (χ2n) is 8.02. The number of pyridine rings is 1. The highest BCUT2D eigenvalue weighted by atomic mass is 32.2. The predicted molar refractivity (Wildman–Crippen MR) is 121 cm³/mol. The van der Waals surface area contributed by atoms with E-state index in [4.69, 9.17) is 4.74 Å². The van der Waals surface area contributed by atoms with Crippen LogP contribution in [0, 0.1) is 6.92 Å². The maximum atomic E-state index is 12.9. The molecule has 0 saturated carbocycles. The standard InChI is InChI=1S/C24H26N2O4S/c1-17-14-18(21-6-3-4-7-22(21)26-17)16-30-20-10-8-19(9-11-20)24(15-23(27)25-2)12-5-13-31(24,28)29/h3-4,6-11,14H,5,12-13,15-16H2,1-2H3,(H,25,27). The monoisotopic (exact) mass is 438 g/mol. The Labute approximate surface area is 182 Å². The molecule has 31 heavy (non-hydrogen) atoms. The second-order valence-corrected chi connectivity index (χ2v) is 10.4. The molecule has 1 fully saturated rings. The number of aromatic nitrogens is 1. The fraction of sp³-hybridized carbons (Fsp3) is 0.333. The lowest BCUT2D eigenvalue weighted by Crippen LogP contribution is -2.37. The molecule has 1 aromatic heterocycles. The summed E-state index contributed by atoms with van der Waals surface area (Å²) >= 11 is 0. The lowest BCUT2D eigenvalue weighted by molar-refractivity contribution is -0.121. The Morgan fingerprint density at radius 3 is 2.58 bits per heavy atom. The fourth-order valence-corrected chi connectivity index (χ4v) is 6.62. The molecule has 4 rings (SSSR count). The third kappa shape index (κ3) is 4.02. The molecule has 3 aromatic rings. The van der Waals surface area contributed by atoms with Crippen LogP contribution in [0.2, 0.25) is 0 Å². The van der Waals surface area contributed by atoms with Gasteiger partial charge in [-0.05, 0) is 49.6 Å². The molecular formula is C24H26N2O4S. The molecule has 1 aliphatic heterocycles. The van der Waals surface area contributed by atoms with Crippen LogP contribution in [0.3, 0.4) is 0 Å². The smallest absolute Gasteiger partial charge is 0.221 e. The van der Waals surface area contributed by atoms with Crippen LogP contribution < -0.4 is 10.1 Å². The van der Waals surface area contributed by atoms with Crippen LogP contribution in [-0.4, -0.2) is 32.1 Å². The fourth-order valence-electron chi connectivity index (χ4n) is 4.40. The van der Waals surface area contributed by atoms with Crippen LogP contribution >= 0.6 is 0 Å². The van der Waals surface area contributed by atoms with Crippen molar-refractivity contribution < 1.29 is 17.9 Å². The largest absolute Gasteiger partial charge is 0.489 e. The SMILES string of the molecule is CNC(=O)CC1(c2ccc(OCc3cc(C)nc4ccccc34)cc2)CCCS1(=O)=O. The first kappa shape index (κ1) is 21.3. The van der Waals surface area contributed by atoms with Crippen molar-refractivity contribution in [2.24, 2.45) is 0 Å². The van der Waals surface area contributed by atoms with Crippen LogP contribution in [0.1, 0.15) is 36.1 Å². The minimum absolute atomic E-state index is 0.0612. The molecule has 0 bridgehead atoms. The van der Waals surface area contributed by atoms with Crippen molar-refractivity contribution in [3.8, 4) is 5.75 Å². The summed E-state index contributed by atoms with van der Waals surface area (Å²) < 4.78 is 30.6. The number of para-hydroxylation sites is 1. The van der Waals surface area contributed by atoms with Crippen LogP contribution in [0.25, 0.3) is 10.9 Å². The number of amides is 1. The van der Waals surface area contributed by atoms with Gasteiger partial charge in [-0.2, -0.15) is 0 Å². The lowest BCUT2D eigenvalue weighted by atomic mass is 9.90. The molecular weight excluding hydrogens is 412 g/mol. The van der Waals surface area contributed by atoms with Crippen LogP contribution in [0.4, 0.5) is 0 Å². The summed E-state index contributed by atoms with van der Waals surface area (Å²) in [4.78, 5) is 16.6. The van der Waals surface area contributed by atoms with Gasteiger partial charge in [0.25, 0.3) is 0 Å². The van der Waals surface area contributed by atoms with Crippen LogP contribution in [0.5, 0.6) is 5.75 Å². The Bertz CT molecular complexity index is 1220. The van der Waals surface area contributed by atoms with Crippen molar-refractivity contribution in [3.63, 3.8) is 0 Å². The first-order valence-corrected chi connectivity index (χ1v) is 12.0. The number of rotatable bonds is 6. The molecule has 0 aliphatic carbocycles. The Morgan fingerprint density at radius 2 is 1.90 bits per heavy atom. The van der Waals surface area contributed by atoms with E-state index in [1.54, 1.807) is 24.3 Å². The van der Waals surface area contributed by atoms with E-state index in [0.717, 1.165) is 22.2 Å². The molecule has 1 saturated heterocycles. The van der Waals surface area contributed by atoms with Gasteiger partial charge in [0.2, 0.25) is 5.91 Å². The van der Waals surface area contributed by atoms with Gasteiger partial charge in [0.1, 0.15) is 17.1 Å². The molecule has 1 aliphatic rings. The highest BCUT2D eigenvalue weighted by Crippen LogP contribution is 2.44. The van der Waals surface area contributed by atoms with Gasteiger partial charge in [0, 0.05) is 23.7 Å². The van der Waals surface area contributed by atoms with Gasteiger partial charge in [-0.15, -0.1) is 0 Å². The number of ether oxygens (including phenoxy) is 1. The predicted octanol–water partition coefficient (Wildman–Crippen LogP) is 3.66. The number of carbonyl (C=O) groups is 1. The van der Waals surface area contributed by atoms with Crippen LogP contribution in [0.15, 0.2) is 54.6 Å². The molecule has 7 heteroatoms. The topological polar surface area (TPSA) is 85.4 Å². The van der Waals surface area contributed by atoms with E-state index in [9.17, 15) is 13.2 Å². The van der Waals surface area contributed by atoms with E-state index in [1.807, 2.05) is 37.3 Å². The van der Waals surface area contributed by atoms with E-state index in [2.05, 4.69) is 10.3 Å². The summed E-state index contributed by atoms with van der Waals surface area (Å²) in [7, 11) is -1.89. The number of hydrogen-bond acceptors (Lipinski definition) is 5. The van der Waals surface area contributed by atoms with Crippen LogP contribution in [-0.2, 0) is 26.0 Å². The minimum Gasteiger partial charge on any atom is -0.489 e. The summed E-state index contributed by atoms with van der Waals surface area (Å²) in [5, 5.41) is 3.61. The van der Waals surface area contributed by atoms with Crippen molar-refractivity contribution in [3.05, 3.63) is 71.4 Å². The third-order valence-electron chi connectivity index (χ3n) is 6.02. The molecule has 0 radical (unpaired) electrons.